The number of anilines is 3. The molecule has 0 spiro atoms. The highest BCUT2D eigenvalue weighted by molar-refractivity contribution is 6.10. The van der Waals surface area contributed by atoms with Crippen LogP contribution in [0.25, 0.3) is 82.8 Å². The summed E-state index contributed by atoms with van der Waals surface area (Å²) in [5.41, 5.74) is 16.4. The van der Waals surface area contributed by atoms with E-state index in [2.05, 4.69) is 252 Å². The van der Waals surface area contributed by atoms with Crippen LogP contribution in [-0.2, 0) is 0 Å². The average Bonchev–Trinajstić information content (AvgIpc) is 3.66. The largest absolute Gasteiger partial charge is 0.310 e. The second-order valence-electron chi connectivity index (χ2n) is 15.3. The van der Waals surface area contributed by atoms with Gasteiger partial charge in [-0.15, -0.1) is 0 Å². The van der Waals surface area contributed by atoms with Gasteiger partial charge < -0.3 is 9.47 Å². The molecule has 0 radical (unpaired) electrons. The van der Waals surface area contributed by atoms with E-state index < -0.39 is 0 Å². The monoisotopic (exact) mass is 764 g/mol. The lowest BCUT2D eigenvalue weighted by Crippen LogP contribution is -2.10. The summed E-state index contributed by atoms with van der Waals surface area (Å²) in [6, 6.07) is 87.9. The van der Waals surface area contributed by atoms with Gasteiger partial charge in [-0.2, -0.15) is 0 Å². The average molecular weight is 765 g/mol. The third-order valence-corrected chi connectivity index (χ3v) is 11.8. The first kappa shape index (κ1) is 35.2. The van der Waals surface area contributed by atoms with E-state index in [1.807, 2.05) is 0 Å². The van der Waals surface area contributed by atoms with E-state index in [1.54, 1.807) is 0 Å². The Morgan fingerprint density at radius 3 is 1.52 bits per heavy atom. The van der Waals surface area contributed by atoms with Gasteiger partial charge in [-0.1, -0.05) is 188 Å². The van der Waals surface area contributed by atoms with Crippen LogP contribution >= 0.6 is 0 Å². The highest BCUT2D eigenvalue weighted by Crippen LogP contribution is 2.44. The zero-order chi connectivity index (χ0) is 39.8. The predicted octanol–water partition coefficient (Wildman–Crippen LogP) is 16.1. The first-order valence-corrected chi connectivity index (χ1v) is 20.6. The lowest BCUT2D eigenvalue weighted by atomic mass is 9.91. The minimum Gasteiger partial charge on any atom is -0.310 e. The predicted molar refractivity (Wildman–Crippen MR) is 255 cm³/mol. The molecule has 1 aromatic heterocycles. The Labute approximate surface area is 350 Å². The van der Waals surface area contributed by atoms with Crippen LogP contribution in [0.15, 0.2) is 243 Å². The van der Waals surface area contributed by atoms with Gasteiger partial charge in [-0.3, -0.25) is 0 Å². The van der Waals surface area contributed by atoms with Gasteiger partial charge in [0.05, 0.1) is 11.0 Å². The molecule has 0 aliphatic rings. The fourth-order valence-corrected chi connectivity index (χ4v) is 9.02. The summed E-state index contributed by atoms with van der Waals surface area (Å²) in [5.74, 6) is 0. The van der Waals surface area contributed by atoms with Crippen molar-refractivity contribution in [2.24, 2.45) is 0 Å². The molecule has 10 aromatic carbocycles. The Balaban J connectivity index is 1.08. The van der Waals surface area contributed by atoms with Crippen LogP contribution in [0.2, 0.25) is 0 Å². The van der Waals surface area contributed by atoms with Gasteiger partial charge in [0.1, 0.15) is 0 Å². The Morgan fingerprint density at radius 1 is 0.267 bits per heavy atom. The molecule has 2 heteroatoms. The Bertz CT molecular complexity index is 3290. The third kappa shape index (κ3) is 6.23. The molecule has 0 saturated heterocycles. The molecule has 0 saturated carbocycles. The van der Waals surface area contributed by atoms with E-state index in [9.17, 15) is 0 Å². The summed E-state index contributed by atoms with van der Waals surface area (Å²) in [6.45, 7) is 0. The first-order chi connectivity index (χ1) is 29.8. The maximum atomic E-state index is 2.42. The summed E-state index contributed by atoms with van der Waals surface area (Å²) in [6.07, 6.45) is 0. The maximum Gasteiger partial charge on any atom is 0.0561 e. The Kier molecular flexibility index (Phi) is 8.87. The molecule has 0 N–H and O–H groups in total. The molecule has 0 aliphatic heterocycles. The summed E-state index contributed by atoms with van der Waals surface area (Å²) in [4.78, 5) is 2.39. The van der Waals surface area contributed by atoms with E-state index in [0.717, 1.165) is 28.3 Å². The lowest BCUT2D eigenvalue weighted by molar-refractivity contribution is 1.18. The van der Waals surface area contributed by atoms with Crippen molar-refractivity contribution in [3.05, 3.63) is 243 Å². The molecule has 0 unspecified atom stereocenters. The van der Waals surface area contributed by atoms with Gasteiger partial charge in [0.25, 0.3) is 0 Å². The van der Waals surface area contributed by atoms with Crippen LogP contribution in [-0.4, -0.2) is 4.57 Å². The van der Waals surface area contributed by atoms with Crippen molar-refractivity contribution in [2.75, 3.05) is 4.90 Å². The van der Waals surface area contributed by atoms with Crippen LogP contribution in [0.5, 0.6) is 0 Å². The first-order valence-electron chi connectivity index (χ1n) is 20.6. The molecule has 60 heavy (non-hydrogen) atoms. The van der Waals surface area contributed by atoms with Crippen LogP contribution in [0, 0.1) is 0 Å². The number of hydrogen-bond acceptors (Lipinski definition) is 1. The van der Waals surface area contributed by atoms with Crippen molar-refractivity contribution < 1.29 is 0 Å². The van der Waals surface area contributed by atoms with Crippen molar-refractivity contribution in [2.45, 2.75) is 0 Å². The molecule has 2 nitrogen and oxygen atoms in total. The molecule has 11 rings (SSSR count). The molecule has 0 amide bonds. The molecular formula is C58H40N2. The Hall–Kier alpha value is -7.94. The highest BCUT2D eigenvalue weighted by atomic mass is 15.1. The summed E-state index contributed by atoms with van der Waals surface area (Å²) >= 11 is 0. The number of hydrogen-bond donors (Lipinski definition) is 0. The molecule has 0 bridgehead atoms. The molecule has 1 heterocycles. The molecule has 282 valence electrons. The summed E-state index contributed by atoms with van der Waals surface area (Å²) < 4.78 is 2.42. The normalized spacial score (nSPS) is 11.3. The zero-order valence-electron chi connectivity index (χ0n) is 33.0. The molecule has 0 atom stereocenters. The SMILES string of the molecule is c1ccc(-c2ccccc2-c2ccc(-n3c4ccccc4c4ccc(N(c5ccccc5)c5ccc(-c6cccc7ccccc67)c(-c6ccccc6)c5)cc43)cc2)cc1. The van der Waals surface area contributed by atoms with Gasteiger partial charge in [0.2, 0.25) is 0 Å². The second-order valence-corrected chi connectivity index (χ2v) is 15.3. The van der Waals surface area contributed by atoms with E-state index in [0.29, 0.717) is 0 Å². The van der Waals surface area contributed by atoms with Crippen molar-refractivity contribution >= 4 is 49.6 Å². The number of benzene rings is 10. The minimum atomic E-state index is 1.09. The lowest BCUT2D eigenvalue weighted by Gasteiger charge is -2.27. The second kappa shape index (κ2) is 15.1. The number of para-hydroxylation sites is 2. The molecular weight excluding hydrogens is 725 g/mol. The van der Waals surface area contributed by atoms with Crippen molar-refractivity contribution in [1.82, 2.24) is 4.57 Å². The minimum absolute atomic E-state index is 1.09. The fourth-order valence-electron chi connectivity index (χ4n) is 9.02. The number of rotatable bonds is 8. The maximum absolute atomic E-state index is 2.42. The van der Waals surface area contributed by atoms with Gasteiger partial charge in [0.15, 0.2) is 0 Å². The van der Waals surface area contributed by atoms with Crippen LogP contribution in [0.1, 0.15) is 0 Å². The third-order valence-electron chi connectivity index (χ3n) is 11.8. The quantitative estimate of drug-likeness (QED) is 0.150. The number of fused-ring (bicyclic) bond motifs is 4. The molecule has 0 fully saturated rings. The standard InChI is InChI=1S/C58H40N2/c1-4-17-41(18-5-1)49-25-12-13-26-50(49)44-31-33-46(34-32-44)60-57-30-15-14-28-54(57)55-38-36-48(40-58(55)60)59(45-23-8-3-9-24-45)47-35-37-53(56(39-47)43-19-6-2-7-20-43)52-29-16-22-42-21-10-11-27-51(42)52/h1-40H. The van der Waals surface area contributed by atoms with Crippen molar-refractivity contribution in [1.29, 1.82) is 0 Å². The topological polar surface area (TPSA) is 8.17 Å². The van der Waals surface area contributed by atoms with Crippen LogP contribution in [0.3, 0.4) is 0 Å². The highest BCUT2D eigenvalue weighted by Gasteiger charge is 2.20. The smallest absolute Gasteiger partial charge is 0.0561 e. The van der Waals surface area contributed by atoms with Gasteiger partial charge in [-0.05, 0) is 110 Å². The summed E-state index contributed by atoms with van der Waals surface area (Å²) in [7, 11) is 0. The van der Waals surface area contributed by atoms with E-state index >= 15 is 0 Å². The van der Waals surface area contributed by atoms with Gasteiger partial charge >= 0.3 is 0 Å². The fraction of sp³-hybridized carbons (Fsp3) is 0. The van der Waals surface area contributed by atoms with Crippen molar-refractivity contribution in [3.63, 3.8) is 0 Å². The van der Waals surface area contributed by atoms with Gasteiger partial charge in [0, 0.05) is 33.5 Å². The van der Waals surface area contributed by atoms with Crippen LogP contribution in [0.4, 0.5) is 17.1 Å². The summed E-state index contributed by atoms with van der Waals surface area (Å²) in [5, 5.41) is 4.93. The van der Waals surface area contributed by atoms with Crippen molar-refractivity contribution in [3.8, 4) is 50.2 Å². The van der Waals surface area contributed by atoms with E-state index in [4.69, 9.17) is 0 Å². The van der Waals surface area contributed by atoms with Gasteiger partial charge in [-0.25, -0.2) is 0 Å². The number of nitrogens with zero attached hydrogens (tertiary/aromatic N) is 2. The zero-order valence-corrected chi connectivity index (χ0v) is 33.0. The molecule has 0 aliphatic carbocycles. The Morgan fingerprint density at radius 2 is 0.783 bits per heavy atom. The van der Waals surface area contributed by atoms with E-state index in [1.165, 1.54) is 71.6 Å². The number of aromatic nitrogens is 1. The van der Waals surface area contributed by atoms with Crippen LogP contribution < -0.4 is 4.90 Å². The molecule has 11 aromatic rings. The van der Waals surface area contributed by atoms with E-state index in [-0.39, 0.29) is 0 Å².